The molecule has 0 aliphatic heterocycles. The molecule has 0 saturated carbocycles. The van der Waals surface area contributed by atoms with Gasteiger partial charge in [-0.05, 0) is 43.0 Å². The van der Waals surface area contributed by atoms with Gasteiger partial charge in [-0.15, -0.1) is 0 Å². The van der Waals surface area contributed by atoms with Crippen LogP contribution >= 0.6 is 0 Å². The summed E-state index contributed by atoms with van der Waals surface area (Å²) in [5.41, 5.74) is 10.2. The van der Waals surface area contributed by atoms with Crippen molar-refractivity contribution in [2.24, 2.45) is 5.73 Å². The van der Waals surface area contributed by atoms with Crippen molar-refractivity contribution in [3.05, 3.63) is 34.4 Å². The zero-order valence-corrected chi connectivity index (χ0v) is 11.3. The molecule has 1 aromatic carbocycles. The van der Waals surface area contributed by atoms with Gasteiger partial charge in [0.1, 0.15) is 0 Å². The number of aryl methyl sites for hydroxylation is 1. The molecule has 2 amide bonds. The quantitative estimate of drug-likeness (QED) is 0.829. The van der Waals surface area contributed by atoms with Crippen molar-refractivity contribution in [3.8, 4) is 0 Å². The number of rotatable bonds is 3. The maximum absolute atomic E-state index is 10.8. The maximum atomic E-state index is 10.8. The van der Waals surface area contributed by atoms with Crippen molar-refractivity contribution in [3.63, 3.8) is 0 Å². The lowest BCUT2D eigenvalue weighted by atomic mass is 9.80. The van der Waals surface area contributed by atoms with Crippen LogP contribution in [0.25, 0.3) is 0 Å². The van der Waals surface area contributed by atoms with Crippen LogP contribution in [0.3, 0.4) is 0 Å². The van der Waals surface area contributed by atoms with E-state index in [0.717, 1.165) is 0 Å². The summed E-state index contributed by atoms with van der Waals surface area (Å²) in [6, 6.07) is 3.80. The number of urea groups is 1. The Balaban J connectivity index is 3.06. The lowest BCUT2D eigenvalue weighted by molar-refractivity contribution is 0.246. The van der Waals surface area contributed by atoms with Crippen LogP contribution in [0, 0.1) is 20.8 Å². The number of nitrogens with one attached hydrogen (secondary N) is 1. The van der Waals surface area contributed by atoms with E-state index in [0.29, 0.717) is 6.54 Å². The summed E-state index contributed by atoms with van der Waals surface area (Å²) in [5, 5.41) is 2.68. The third-order valence-electron chi connectivity index (χ3n) is 3.49. The first-order valence-corrected chi connectivity index (χ1v) is 5.86. The van der Waals surface area contributed by atoms with E-state index >= 15 is 0 Å². The number of carbonyl (C=O) groups is 1. The highest BCUT2D eigenvalue weighted by Crippen LogP contribution is 2.28. The number of hydrogen-bond acceptors (Lipinski definition) is 1. The molecule has 0 radical (unpaired) electrons. The first-order chi connectivity index (χ1) is 7.75. The summed E-state index contributed by atoms with van der Waals surface area (Å²) in [6.07, 6.45) is 0. The van der Waals surface area contributed by atoms with Crippen molar-refractivity contribution in [1.29, 1.82) is 0 Å². The van der Waals surface area contributed by atoms with Crippen LogP contribution < -0.4 is 11.1 Å². The normalized spacial score (nSPS) is 11.4. The molecule has 3 N–H and O–H groups in total. The molecule has 0 aliphatic rings. The molecule has 0 spiro atoms. The van der Waals surface area contributed by atoms with Crippen LogP contribution in [0.1, 0.15) is 36.1 Å². The summed E-state index contributed by atoms with van der Waals surface area (Å²) in [5.74, 6) is 0. The summed E-state index contributed by atoms with van der Waals surface area (Å²) >= 11 is 0. The van der Waals surface area contributed by atoms with Crippen molar-refractivity contribution in [2.75, 3.05) is 6.54 Å². The van der Waals surface area contributed by atoms with Gasteiger partial charge in [0.15, 0.2) is 0 Å². The van der Waals surface area contributed by atoms with E-state index in [1.54, 1.807) is 0 Å². The highest BCUT2D eigenvalue weighted by atomic mass is 16.2. The summed E-state index contributed by atoms with van der Waals surface area (Å²) in [4.78, 5) is 10.8. The fourth-order valence-electron chi connectivity index (χ4n) is 2.09. The minimum absolute atomic E-state index is 0.114. The molecular weight excluding hydrogens is 212 g/mol. The number of hydrogen-bond donors (Lipinski definition) is 2. The van der Waals surface area contributed by atoms with Gasteiger partial charge in [0, 0.05) is 12.0 Å². The second kappa shape index (κ2) is 4.78. The fraction of sp³-hybridized carbons (Fsp3) is 0.500. The highest BCUT2D eigenvalue weighted by Gasteiger charge is 2.23. The van der Waals surface area contributed by atoms with E-state index in [-0.39, 0.29) is 5.41 Å². The highest BCUT2D eigenvalue weighted by molar-refractivity contribution is 5.71. The van der Waals surface area contributed by atoms with E-state index in [4.69, 9.17) is 5.73 Å². The van der Waals surface area contributed by atoms with Crippen LogP contribution in [0.4, 0.5) is 4.79 Å². The second-order valence-corrected chi connectivity index (χ2v) is 5.28. The monoisotopic (exact) mass is 234 g/mol. The first-order valence-electron chi connectivity index (χ1n) is 5.86. The Morgan fingerprint density at radius 1 is 1.24 bits per heavy atom. The Bertz CT molecular complexity index is 436. The first kappa shape index (κ1) is 13.6. The van der Waals surface area contributed by atoms with Crippen LogP contribution in [0.2, 0.25) is 0 Å². The molecule has 0 saturated heterocycles. The Labute approximate surface area is 103 Å². The summed E-state index contributed by atoms with van der Waals surface area (Å²) < 4.78 is 0. The zero-order chi connectivity index (χ0) is 13.2. The van der Waals surface area contributed by atoms with Crippen LogP contribution in [0.5, 0.6) is 0 Å². The van der Waals surface area contributed by atoms with Gasteiger partial charge in [0.25, 0.3) is 0 Å². The number of benzene rings is 1. The van der Waals surface area contributed by atoms with Gasteiger partial charge < -0.3 is 11.1 Å². The molecule has 0 aliphatic carbocycles. The Morgan fingerprint density at radius 2 is 1.82 bits per heavy atom. The molecular formula is C14H22N2O. The molecule has 1 aromatic rings. The van der Waals surface area contributed by atoms with E-state index in [9.17, 15) is 4.79 Å². The van der Waals surface area contributed by atoms with Crippen molar-refractivity contribution in [1.82, 2.24) is 5.32 Å². The van der Waals surface area contributed by atoms with Gasteiger partial charge in [0.05, 0.1) is 0 Å². The molecule has 3 heteroatoms. The molecule has 17 heavy (non-hydrogen) atoms. The molecule has 0 fully saturated rings. The fourth-order valence-corrected chi connectivity index (χ4v) is 2.09. The van der Waals surface area contributed by atoms with Gasteiger partial charge in [0.2, 0.25) is 0 Å². The minimum atomic E-state index is -0.473. The minimum Gasteiger partial charge on any atom is -0.352 e. The molecule has 0 atom stereocenters. The number of primary amides is 1. The third-order valence-corrected chi connectivity index (χ3v) is 3.49. The van der Waals surface area contributed by atoms with Crippen LogP contribution in [-0.2, 0) is 5.41 Å². The third kappa shape index (κ3) is 2.99. The molecule has 0 unspecified atom stereocenters. The smallest absolute Gasteiger partial charge is 0.312 e. The van der Waals surface area contributed by atoms with Gasteiger partial charge >= 0.3 is 6.03 Å². The van der Waals surface area contributed by atoms with E-state index in [1.165, 1.54) is 22.3 Å². The number of carbonyl (C=O) groups excluding carboxylic acids is 1. The Morgan fingerprint density at radius 3 is 2.35 bits per heavy atom. The predicted octanol–water partition coefficient (Wildman–Crippen LogP) is 2.56. The maximum Gasteiger partial charge on any atom is 0.312 e. The predicted molar refractivity (Wildman–Crippen MR) is 71.3 cm³/mol. The van der Waals surface area contributed by atoms with Crippen molar-refractivity contribution in [2.45, 2.75) is 40.0 Å². The lowest BCUT2D eigenvalue weighted by Gasteiger charge is -2.28. The SMILES string of the molecule is Cc1ccc(C(C)(C)CNC(N)=O)c(C)c1C. The van der Waals surface area contributed by atoms with Crippen LogP contribution in [0.15, 0.2) is 12.1 Å². The summed E-state index contributed by atoms with van der Waals surface area (Å²) in [6.45, 7) is 11.1. The Hall–Kier alpha value is -1.51. The topological polar surface area (TPSA) is 55.1 Å². The number of amides is 2. The molecule has 0 aromatic heterocycles. The largest absolute Gasteiger partial charge is 0.352 e. The van der Waals surface area contributed by atoms with Crippen molar-refractivity contribution >= 4 is 6.03 Å². The lowest BCUT2D eigenvalue weighted by Crippen LogP contribution is -2.39. The molecule has 0 bridgehead atoms. The molecule has 0 heterocycles. The van der Waals surface area contributed by atoms with Crippen LogP contribution in [-0.4, -0.2) is 12.6 Å². The molecule has 1 rings (SSSR count). The van der Waals surface area contributed by atoms with Gasteiger partial charge in [-0.2, -0.15) is 0 Å². The number of nitrogens with two attached hydrogens (primary N) is 1. The standard InChI is InChI=1S/C14H22N2O/c1-9-6-7-12(11(3)10(9)2)14(4,5)8-16-13(15)17/h6-7H,8H2,1-5H3,(H3,15,16,17). The average molecular weight is 234 g/mol. The van der Waals surface area contributed by atoms with Crippen molar-refractivity contribution < 1.29 is 4.79 Å². The summed E-state index contributed by atoms with van der Waals surface area (Å²) in [7, 11) is 0. The Kier molecular flexibility index (Phi) is 3.81. The van der Waals surface area contributed by atoms with Gasteiger partial charge in [-0.3, -0.25) is 0 Å². The van der Waals surface area contributed by atoms with Gasteiger partial charge in [-0.1, -0.05) is 26.0 Å². The zero-order valence-electron chi connectivity index (χ0n) is 11.3. The molecule has 3 nitrogen and oxygen atoms in total. The van der Waals surface area contributed by atoms with E-state index in [2.05, 4.69) is 52.1 Å². The molecule has 94 valence electrons. The second-order valence-electron chi connectivity index (χ2n) is 5.28. The average Bonchev–Trinajstić information content (AvgIpc) is 2.23. The van der Waals surface area contributed by atoms with Gasteiger partial charge in [-0.25, -0.2) is 4.79 Å². The van der Waals surface area contributed by atoms with E-state index < -0.39 is 6.03 Å². The van der Waals surface area contributed by atoms with E-state index in [1.807, 2.05) is 0 Å².